The van der Waals surface area contributed by atoms with Crippen LogP contribution in [0.3, 0.4) is 0 Å². The quantitative estimate of drug-likeness (QED) is 0.446. The number of hydrogen-bond donors (Lipinski definition) is 0. The van der Waals surface area contributed by atoms with Crippen molar-refractivity contribution in [3.63, 3.8) is 0 Å². The van der Waals surface area contributed by atoms with Crippen LogP contribution in [0, 0.1) is 13.7 Å². The van der Waals surface area contributed by atoms with Gasteiger partial charge >= 0.3 is 0 Å². The smallest absolute Gasteiger partial charge is 0.267 e. The standard InChI is InChI=1S/C10H7BrIN3O2/c11-8-2-1-7(10(3-8)15(16)17)5-14-6-9(12)4-13-14/h1-4,6H,5H2. The molecule has 1 aromatic heterocycles. The molecule has 17 heavy (non-hydrogen) atoms. The van der Waals surface area contributed by atoms with E-state index in [4.69, 9.17) is 0 Å². The Morgan fingerprint density at radius 1 is 1.53 bits per heavy atom. The molecule has 88 valence electrons. The lowest BCUT2D eigenvalue weighted by atomic mass is 10.2. The molecule has 2 aromatic rings. The van der Waals surface area contributed by atoms with Crippen LogP contribution < -0.4 is 0 Å². The minimum Gasteiger partial charge on any atom is -0.267 e. The van der Waals surface area contributed by atoms with Gasteiger partial charge in [-0.1, -0.05) is 15.9 Å². The second kappa shape index (κ2) is 5.13. The lowest BCUT2D eigenvalue weighted by Crippen LogP contribution is -2.03. The Kier molecular flexibility index (Phi) is 3.77. The van der Waals surface area contributed by atoms with Crippen molar-refractivity contribution in [2.45, 2.75) is 6.54 Å². The molecular formula is C10H7BrIN3O2. The van der Waals surface area contributed by atoms with Crippen LogP contribution >= 0.6 is 38.5 Å². The normalized spacial score (nSPS) is 10.5. The summed E-state index contributed by atoms with van der Waals surface area (Å²) >= 11 is 5.37. The molecule has 0 radical (unpaired) electrons. The second-order valence-electron chi connectivity index (χ2n) is 3.39. The number of aromatic nitrogens is 2. The van der Waals surface area contributed by atoms with Gasteiger partial charge in [-0.2, -0.15) is 5.10 Å². The van der Waals surface area contributed by atoms with Gasteiger partial charge in [0.15, 0.2) is 0 Å². The molecule has 0 bridgehead atoms. The molecule has 1 aromatic carbocycles. The first-order valence-corrected chi connectivity index (χ1v) is 6.54. The highest BCUT2D eigenvalue weighted by Crippen LogP contribution is 2.24. The summed E-state index contributed by atoms with van der Waals surface area (Å²) in [4.78, 5) is 10.5. The molecular weight excluding hydrogens is 401 g/mol. The molecule has 7 heteroatoms. The predicted octanol–water partition coefficient (Wildman–Crippen LogP) is 3.21. The molecule has 0 fully saturated rings. The van der Waals surface area contributed by atoms with E-state index in [1.807, 2.05) is 6.20 Å². The number of hydrogen-bond acceptors (Lipinski definition) is 3. The summed E-state index contributed by atoms with van der Waals surface area (Å²) in [5.41, 5.74) is 0.739. The van der Waals surface area contributed by atoms with Gasteiger partial charge in [0, 0.05) is 16.7 Å². The van der Waals surface area contributed by atoms with Crippen molar-refractivity contribution in [2.75, 3.05) is 0 Å². The Bertz CT molecular complexity index is 570. The molecule has 0 aliphatic heterocycles. The number of nitro groups is 1. The van der Waals surface area contributed by atoms with Crippen molar-refractivity contribution >= 4 is 44.2 Å². The summed E-state index contributed by atoms with van der Waals surface area (Å²) in [5, 5.41) is 15.0. The van der Waals surface area contributed by atoms with E-state index in [0.29, 0.717) is 16.6 Å². The maximum Gasteiger partial charge on any atom is 0.275 e. The Labute approximate surface area is 119 Å². The van der Waals surface area contributed by atoms with Crippen LogP contribution in [0.15, 0.2) is 35.1 Å². The molecule has 0 unspecified atom stereocenters. The van der Waals surface area contributed by atoms with Crippen molar-refractivity contribution < 1.29 is 4.92 Å². The highest BCUT2D eigenvalue weighted by atomic mass is 127. The average molecular weight is 408 g/mol. The second-order valence-corrected chi connectivity index (χ2v) is 5.55. The number of nitro benzene ring substituents is 1. The first-order valence-electron chi connectivity index (χ1n) is 4.67. The number of halogens is 2. The van der Waals surface area contributed by atoms with Gasteiger partial charge in [-0.3, -0.25) is 14.8 Å². The molecule has 0 spiro atoms. The van der Waals surface area contributed by atoms with Crippen molar-refractivity contribution in [1.29, 1.82) is 0 Å². The van der Waals surface area contributed by atoms with Crippen molar-refractivity contribution in [1.82, 2.24) is 9.78 Å². The summed E-state index contributed by atoms with van der Waals surface area (Å²) < 4.78 is 3.38. The summed E-state index contributed by atoms with van der Waals surface area (Å²) in [6.07, 6.45) is 3.55. The van der Waals surface area contributed by atoms with Gasteiger partial charge in [-0.25, -0.2) is 0 Å². The molecule has 0 aliphatic rings. The van der Waals surface area contributed by atoms with E-state index in [0.717, 1.165) is 3.57 Å². The fraction of sp³-hybridized carbons (Fsp3) is 0.100. The van der Waals surface area contributed by atoms with Crippen LogP contribution in [0.4, 0.5) is 5.69 Å². The largest absolute Gasteiger partial charge is 0.275 e. The molecule has 0 N–H and O–H groups in total. The zero-order chi connectivity index (χ0) is 12.4. The number of rotatable bonds is 3. The minimum atomic E-state index is -0.380. The summed E-state index contributed by atoms with van der Waals surface area (Å²) in [6.45, 7) is 0.395. The Hall–Kier alpha value is -0.960. The van der Waals surface area contributed by atoms with E-state index in [9.17, 15) is 10.1 Å². The monoisotopic (exact) mass is 407 g/mol. The van der Waals surface area contributed by atoms with Crippen molar-refractivity contribution in [3.8, 4) is 0 Å². The third-order valence-electron chi connectivity index (χ3n) is 2.18. The van der Waals surface area contributed by atoms with Crippen LogP contribution in [0.1, 0.15) is 5.56 Å². The molecule has 1 heterocycles. The first-order chi connectivity index (χ1) is 8.06. The van der Waals surface area contributed by atoms with Gasteiger partial charge in [0.05, 0.1) is 26.8 Å². The molecule has 0 saturated heterocycles. The summed E-state index contributed by atoms with van der Waals surface area (Å²) in [5.74, 6) is 0. The highest BCUT2D eigenvalue weighted by Gasteiger charge is 2.14. The number of nitrogens with zero attached hydrogens (tertiary/aromatic N) is 3. The van der Waals surface area contributed by atoms with Crippen molar-refractivity contribution in [2.24, 2.45) is 0 Å². The molecule has 0 saturated carbocycles. The van der Waals surface area contributed by atoms with Crippen LogP contribution in [0.5, 0.6) is 0 Å². The first kappa shape index (κ1) is 12.5. The lowest BCUT2D eigenvalue weighted by molar-refractivity contribution is -0.385. The van der Waals surface area contributed by atoms with Gasteiger partial charge in [0.2, 0.25) is 0 Å². The van der Waals surface area contributed by atoms with Gasteiger partial charge in [0.1, 0.15) is 0 Å². The van der Waals surface area contributed by atoms with E-state index < -0.39 is 0 Å². The topological polar surface area (TPSA) is 61.0 Å². The SMILES string of the molecule is O=[N+]([O-])c1cc(Br)ccc1Cn1cc(I)cn1. The Morgan fingerprint density at radius 2 is 2.29 bits per heavy atom. The molecule has 0 atom stereocenters. The minimum absolute atomic E-state index is 0.102. The highest BCUT2D eigenvalue weighted by molar-refractivity contribution is 14.1. The fourth-order valence-electron chi connectivity index (χ4n) is 1.44. The third kappa shape index (κ3) is 3.03. The van der Waals surface area contributed by atoms with Crippen LogP contribution in [0.2, 0.25) is 0 Å². The average Bonchev–Trinajstić information content (AvgIpc) is 2.66. The van der Waals surface area contributed by atoms with Gasteiger partial charge in [-0.05, 0) is 34.7 Å². The Balaban J connectivity index is 2.35. The summed E-state index contributed by atoms with van der Waals surface area (Å²) in [7, 11) is 0. The molecule has 0 aliphatic carbocycles. The lowest BCUT2D eigenvalue weighted by Gasteiger charge is -2.03. The van der Waals surface area contributed by atoms with E-state index in [1.54, 1.807) is 23.0 Å². The third-order valence-corrected chi connectivity index (χ3v) is 3.23. The predicted molar refractivity (Wildman–Crippen MR) is 74.8 cm³/mol. The van der Waals surface area contributed by atoms with Crippen LogP contribution in [0.25, 0.3) is 0 Å². The van der Waals surface area contributed by atoms with E-state index in [1.165, 1.54) is 6.07 Å². The maximum absolute atomic E-state index is 10.9. The van der Waals surface area contributed by atoms with Crippen LogP contribution in [-0.4, -0.2) is 14.7 Å². The number of benzene rings is 1. The fourth-order valence-corrected chi connectivity index (χ4v) is 2.24. The van der Waals surface area contributed by atoms with E-state index in [-0.39, 0.29) is 10.6 Å². The van der Waals surface area contributed by atoms with Gasteiger partial charge in [-0.15, -0.1) is 0 Å². The molecule has 2 rings (SSSR count). The Morgan fingerprint density at radius 3 is 2.88 bits per heavy atom. The zero-order valence-corrected chi connectivity index (χ0v) is 12.3. The van der Waals surface area contributed by atoms with E-state index in [2.05, 4.69) is 43.6 Å². The summed E-state index contributed by atoms with van der Waals surface area (Å²) in [6, 6.07) is 5.03. The maximum atomic E-state index is 10.9. The van der Waals surface area contributed by atoms with Gasteiger partial charge < -0.3 is 0 Å². The molecule has 0 amide bonds. The molecule has 5 nitrogen and oxygen atoms in total. The van der Waals surface area contributed by atoms with Crippen LogP contribution in [-0.2, 0) is 6.54 Å². The van der Waals surface area contributed by atoms with Crippen molar-refractivity contribution in [3.05, 3.63) is 54.3 Å². The van der Waals surface area contributed by atoms with Gasteiger partial charge in [0.25, 0.3) is 5.69 Å². The van der Waals surface area contributed by atoms with E-state index >= 15 is 0 Å². The zero-order valence-electron chi connectivity index (χ0n) is 8.51.